The highest BCUT2D eigenvalue weighted by atomic mass is 127. The molecule has 7 heteroatoms. The second kappa shape index (κ2) is 6.21. The minimum atomic E-state index is -0.455. The summed E-state index contributed by atoms with van der Waals surface area (Å²) >= 11 is 4.40. The minimum absolute atomic E-state index is 0.387. The molecule has 0 aliphatic carbocycles. The van der Waals surface area contributed by atoms with Crippen LogP contribution in [0.1, 0.15) is 20.8 Å². The number of carbonyl (C=O) groups is 1. The van der Waals surface area contributed by atoms with Crippen LogP contribution >= 0.6 is 45.2 Å². The van der Waals surface area contributed by atoms with Gasteiger partial charge in [-0.05, 0) is 66.0 Å². The molecule has 17 heavy (non-hydrogen) atoms. The molecule has 0 unspecified atom stereocenters. The lowest BCUT2D eigenvalue weighted by Crippen LogP contribution is -2.34. The number of ether oxygens (including phenoxy) is 1. The van der Waals surface area contributed by atoms with Crippen molar-refractivity contribution in [2.45, 2.75) is 32.9 Å². The summed E-state index contributed by atoms with van der Waals surface area (Å²) in [7, 11) is 0. The molecule has 0 saturated heterocycles. The number of carbonyl (C=O) groups excluding carboxylic acids is 1. The predicted octanol–water partition coefficient (Wildman–Crippen LogP) is 2.62. The summed E-state index contributed by atoms with van der Waals surface area (Å²) in [5, 5.41) is 2.71. The summed E-state index contributed by atoms with van der Waals surface area (Å²) in [6.45, 7) is 6.74. The molecule has 1 rings (SSSR count). The molecule has 0 aromatic carbocycles. The van der Waals surface area contributed by atoms with Crippen LogP contribution in [0.25, 0.3) is 0 Å². The number of aromatic nitrogens is 2. The molecule has 0 aliphatic rings. The van der Waals surface area contributed by atoms with Crippen LogP contribution in [0.15, 0.2) is 6.33 Å². The highest BCUT2D eigenvalue weighted by Crippen LogP contribution is 2.12. The molecular formula is C10H15I2N3O2. The Kier molecular flexibility index (Phi) is 5.48. The lowest BCUT2D eigenvalue weighted by molar-refractivity contribution is 0.0526. The van der Waals surface area contributed by atoms with Crippen LogP contribution in [0.5, 0.6) is 0 Å². The van der Waals surface area contributed by atoms with Crippen molar-refractivity contribution in [3.8, 4) is 0 Å². The number of amides is 1. The number of halogens is 2. The first-order valence-electron chi connectivity index (χ1n) is 5.12. The zero-order valence-corrected chi connectivity index (χ0v) is 14.3. The number of hydrogen-bond acceptors (Lipinski definition) is 3. The first kappa shape index (κ1) is 15.0. The Balaban J connectivity index is 2.34. The standard InChI is InChI=1S/C10H15I2N3O2/c1-10(2,3)17-9(16)13-4-5-15-6-14-7(11)8(15)12/h6H,4-5H2,1-3H3,(H,13,16). The van der Waals surface area contributed by atoms with E-state index in [1.54, 1.807) is 6.33 Å². The van der Waals surface area contributed by atoms with Crippen molar-refractivity contribution in [3.63, 3.8) is 0 Å². The van der Waals surface area contributed by atoms with Crippen molar-refractivity contribution in [2.75, 3.05) is 6.54 Å². The van der Waals surface area contributed by atoms with Gasteiger partial charge in [0.1, 0.15) is 13.0 Å². The fraction of sp³-hybridized carbons (Fsp3) is 0.600. The van der Waals surface area contributed by atoms with E-state index in [0.29, 0.717) is 13.1 Å². The molecule has 1 aromatic rings. The average Bonchev–Trinajstić information content (AvgIpc) is 2.46. The van der Waals surface area contributed by atoms with Crippen molar-refractivity contribution in [1.29, 1.82) is 0 Å². The van der Waals surface area contributed by atoms with E-state index in [-0.39, 0.29) is 6.09 Å². The summed E-state index contributed by atoms with van der Waals surface area (Å²) in [5.74, 6) is 0. The van der Waals surface area contributed by atoms with Gasteiger partial charge in [0.15, 0.2) is 0 Å². The number of nitrogens with zero attached hydrogens (tertiary/aromatic N) is 2. The van der Waals surface area contributed by atoms with Crippen molar-refractivity contribution >= 4 is 51.3 Å². The largest absolute Gasteiger partial charge is 0.444 e. The van der Waals surface area contributed by atoms with Gasteiger partial charge in [-0.2, -0.15) is 0 Å². The van der Waals surface area contributed by atoms with Gasteiger partial charge in [-0.25, -0.2) is 9.78 Å². The van der Waals surface area contributed by atoms with Gasteiger partial charge in [0.2, 0.25) is 0 Å². The number of nitrogens with one attached hydrogen (secondary N) is 1. The third-order valence-corrected chi connectivity index (χ3v) is 4.71. The smallest absolute Gasteiger partial charge is 0.407 e. The molecule has 0 aliphatic heterocycles. The molecule has 0 radical (unpaired) electrons. The van der Waals surface area contributed by atoms with E-state index >= 15 is 0 Å². The fourth-order valence-electron chi connectivity index (χ4n) is 1.09. The highest BCUT2D eigenvalue weighted by molar-refractivity contribution is 14.1. The molecule has 5 nitrogen and oxygen atoms in total. The molecule has 1 heterocycles. The molecular weight excluding hydrogens is 448 g/mol. The molecule has 96 valence electrons. The molecule has 0 bridgehead atoms. The van der Waals surface area contributed by atoms with Gasteiger partial charge in [0.05, 0.1) is 6.33 Å². The molecule has 0 fully saturated rings. The third-order valence-electron chi connectivity index (χ3n) is 1.75. The topological polar surface area (TPSA) is 56.1 Å². The van der Waals surface area contributed by atoms with Crippen LogP contribution in [0, 0.1) is 7.40 Å². The van der Waals surface area contributed by atoms with Crippen LogP contribution in [0.2, 0.25) is 0 Å². The molecule has 1 amide bonds. The van der Waals surface area contributed by atoms with E-state index in [9.17, 15) is 4.79 Å². The first-order chi connectivity index (χ1) is 7.79. The second-order valence-electron chi connectivity index (χ2n) is 4.45. The minimum Gasteiger partial charge on any atom is -0.444 e. The maximum Gasteiger partial charge on any atom is 0.407 e. The van der Waals surface area contributed by atoms with E-state index in [2.05, 4.69) is 55.5 Å². The first-order valence-corrected chi connectivity index (χ1v) is 7.28. The van der Waals surface area contributed by atoms with Gasteiger partial charge >= 0.3 is 6.09 Å². The van der Waals surface area contributed by atoms with Gasteiger partial charge in [0, 0.05) is 13.1 Å². The summed E-state index contributed by atoms with van der Waals surface area (Å²) in [4.78, 5) is 15.5. The van der Waals surface area contributed by atoms with Crippen LogP contribution in [-0.4, -0.2) is 27.8 Å². The number of hydrogen-bond donors (Lipinski definition) is 1. The van der Waals surface area contributed by atoms with E-state index in [1.807, 2.05) is 25.3 Å². The highest BCUT2D eigenvalue weighted by Gasteiger charge is 2.15. The maximum atomic E-state index is 11.4. The summed E-state index contributed by atoms with van der Waals surface area (Å²) in [6.07, 6.45) is 1.38. The fourth-order valence-corrected chi connectivity index (χ4v) is 2.03. The van der Waals surface area contributed by atoms with Crippen molar-refractivity contribution in [2.24, 2.45) is 0 Å². The lowest BCUT2D eigenvalue weighted by atomic mass is 10.2. The van der Waals surface area contributed by atoms with E-state index in [1.165, 1.54) is 0 Å². The van der Waals surface area contributed by atoms with Crippen LogP contribution in [0.4, 0.5) is 4.79 Å². The van der Waals surface area contributed by atoms with Gasteiger partial charge in [-0.1, -0.05) is 0 Å². The molecule has 1 N–H and O–H groups in total. The molecule has 0 atom stereocenters. The molecule has 0 spiro atoms. The third kappa shape index (κ3) is 5.40. The normalized spacial score (nSPS) is 11.4. The Morgan fingerprint density at radius 2 is 2.18 bits per heavy atom. The van der Waals surface area contributed by atoms with E-state index in [0.717, 1.165) is 7.40 Å². The maximum absolute atomic E-state index is 11.4. The van der Waals surface area contributed by atoms with Gasteiger partial charge in [-0.3, -0.25) is 0 Å². The van der Waals surface area contributed by atoms with Crippen LogP contribution in [-0.2, 0) is 11.3 Å². The quantitative estimate of drug-likeness (QED) is 0.702. The Labute approximate surface area is 128 Å². The van der Waals surface area contributed by atoms with Gasteiger partial charge in [0.25, 0.3) is 0 Å². The Morgan fingerprint density at radius 1 is 1.53 bits per heavy atom. The second-order valence-corrected chi connectivity index (χ2v) is 6.49. The van der Waals surface area contributed by atoms with E-state index in [4.69, 9.17) is 4.74 Å². The van der Waals surface area contributed by atoms with Crippen molar-refractivity contribution in [1.82, 2.24) is 14.9 Å². The number of imidazole rings is 1. The molecule has 0 saturated carbocycles. The number of alkyl carbamates (subject to hydrolysis) is 1. The van der Waals surface area contributed by atoms with Crippen molar-refractivity contribution < 1.29 is 9.53 Å². The predicted molar refractivity (Wildman–Crippen MR) is 81.9 cm³/mol. The molecule has 1 aromatic heterocycles. The summed E-state index contributed by atoms with van der Waals surface area (Å²) in [5.41, 5.74) is -0.455. The summed E-state index contributed by atoms with van der Waals surface area (Å²) in [6, 6.07) is 0. The Bertz CT molecular complexity index is 399. The average molecular weight is 463 g/mol. The van der Waals surface area contributed by atoms with Crippen LogP contribution < -0.4 is 5.32 Å². The number of rotatable bonds is 3. The van der Waals surface area contributed by atoms with Gasteiger partial charge in [-0.15, -0.1) is 0 Å². The SMILES string of the molecule is CC(C)(C)OC(=O)NCCn1cnc(I)c1I. The van der Waals surface area contributed by atoms with E-state index < -0.39 is 5.60 Å². The monoisotopic (exact) mass is 463 g/mol. The van der Waals surface area contributed by atoms with Crippen molar-refractivity contribution in [3.05, 3.63) is 13.7 Å². The zero-order valence-electron chi connectivity index (χ0n) is 9.96. The zero-order chi connectivity index (χ0) is 13.1. The lowest BCUT2D eigenvalue weighted by Gasteiger charge is -2.19. The Morgan fingerprint density at radius 3 is 2.65 bits per heavy atom. The summed E-state index contributed by atoms with van der Waals surface area (Å²) < 4.78 is 9.17. The van der Waals surface area contributed by atoms with Gasteiger partial charge < -0.3 is 14.6 Å². The van der Waals surface area contributed by atoms with Crippen LogP contribution in [0.3, 0.4) is 0 Å². The Hall–Kier alpha value is -0.0600.